The van der Waals surface area contributed by atoms with Crippen molar-refractivity contribution in [2.24, 2.45) is 0 Å². The number of hydrogen-bond acceptors (Lipinski definition) is 6. The Labute approximate surface area is 236 Å². The van der Waals surface area contributed by atoms with Gasteiger partial charge in [-0.25, -0.2) is 19.0 Å². The molecule has 0 spiro atoms. The quantitative estimate of drug-likeness (QED) is 0.292. The highest BCUT2D eigenvalue weighted by molar-refractivity contribution is 6.05. The van der Waals surface area contributed by atoms with E-state index < -0.39 is 29.9 Å². The van der Waals surface area contributed by atoms with E-state index in [9.17, 15) is 22.8 Å². The first-order valence-electron chi connectivity index (χ1n) is 12.9. The zero-order valence-corrected chi connectivity index (χ0v) is 22.3. The van der Waals surface area contributed by atoms with Crippen LogP contribution in [0, 0.1) is 6.92 Å². The summed E-state index contributed by atoms with van der Waals surface area (Å²) >= 11 is 0. The second-order valence-electron chi connectivity index (χ2n) is 9.91. The van der Waals surface area contributed by atoms with Gasteiger partial charge < -0.3 is 14.7 Å². The van der Waals surface area contributed by atoms with E-state index in [4.69, 9.17) is 9.84 Å². The molecular weight excluding hydrogens is 553 g/mol. The molecule has 3 heterocycles. The van der Waals surface area contributed by atoms with Gasteiger partial charge in [0.25, 0.3) is 5.91 Å². The number of aryl methyl sites for hydroxylation is 1. The first-order valence-corrected chi connectivity index (χ1v) is 12.9. The number of carboxylic acids is 1. The van der Waals surface area contributed by atoms with Crippen molar-refractivity contribution in [3.8, 4) is 11.4 Å². The molecule has 1 amide bonds. The molecule has 0 bridgehead atoms. The number of hydrogen-bond donors (Lipinski definition) is 1. The summed E-state index contributed by atoms with van der Waals surface area (Å²) < 4.78 is 50.8. The molecule has 1 N–H and O–H groups in total. The number of rotatable bonds is 6. The minimum absolute atomic E-state index is 0.0254. The van der Waals surface area contributed by atoms with E-state index in [-0.39, 0.29) is 40.9 Å². The van der Waals surface area contributed by atoms with E-state index in [0.29, 0.717) is 17.1 Å². The third kappa shape index (κ3) is 4.82. The van der Waals surface area contributed by atoms with E-state index in [0.717, 1.165) is 5.69 Å². The largest absolute Gasteiger partial charge is 0.484 e. The van der Waals surface area contributed by atoms with Crippen LogP contribution in [0.1, 0.15) is 55.9 Å². The number of nitrogens with zero attached hydrogens (tertiary/aromatic N) is 6. The van der Waals surface area contributed by atoms with Crippen LogP contribution in [0.25, 0.3) is 11.3 Å². The summed E-state index contributed by atoms with van der Waals surface area (Å²) in [7, 11) is 1.57. The lowest BCUT2D eigenvalue weighted by Crippen LogP contribution is -2.27. The van der Waals surface area contributed by atoms with Crippen molar-refractivity contribution >= 4 is 23.2 Å². The summed E-state index contributed by atoms with van der Waals surface area (Å²) in [5.41, 5.74) is 1.66. The molecule has 42 heavy (non-hydrogen) atoms. The number of aromatic carboxylic acids is 1. The van der Waals surface area contributed by atoms with Crippen molar-refractivity contribution in [3.05, 3.63) is 101 Å². The van der Waals surface area contributed by atoms with E-state index in [1.54, 1.807) is 48.2 Å². The predicted molar refractivity (Wildman–Crippen MR) is 144 cm³/mol. The second-order valence-corrected chi connectivity index (χ2v) is 9.91. The van der Waals surface area contributed by atoms with E-state index >= 15 is 0 Å². The van der Waals surface area contributed by atoms with Crippen molar-refractivity contribution in [1.82, 2.24) is 24.4 Å². The Hall–Kier alpha value is -5.20. The van der Waals surface area contributed by atoms with Crippen molar-refractivity contribution in [1.29, 1.82) is 0 Å². The van der Waals surface area contributed by atoms with Crippen LogP contribution in [0.5, 0.6) is 5.75 Å². The number of ether oxygens (including phenoxy) is 1. The fourth-order valence-corrected chi connectivity index (χ4v) is 5.07. The number of benzene rings is 2. The Kier molecular flexibility index (Phi) is 6.44. The molecule has 13 heteroatoms. The average molecular weight is 577 g/mol. The molecule has 1 aliphatic rings. The van der Waals surface area contributed by atoms with Gasteiger partial charge in [0.1, 0.15) is 11.9 Å². The molecule has 3 aromatic heterocycles. The molecule has 1 unspecified atom stereocenters. The minimum Gasteiger partial charge on any atom is -0.484 e. The summed E-state index contributed by atoms with van der Waals surface area (Å²) in [6, 6.07) is 13.6. The molecular formula is C29H23F3N6O4. The van der Waals surface area contributed by atoms with E-state index in [2.05, 4.69) is 15.2 Å². The predicted octanol–water partition coefficient (Wildman–Crippen LogP) is 5.28. The lowest BCUT2D eigenvalue weighted by molar-refractivity contribution is -0.141. The van der Waals surface area contributed by atoms with Crippen LogP contribution in [-0.4, -0.2) is 48.4 Å². The fraction of sp³-hybridized carbons (Fsp3) is 0.207. The lowest BCUT2D eigenvalue weighted by atomic mass is 10.1. The molecule has 10 nitrogen and oxygen atoms in total. The number of aromatic nitrogens is 5. The third-order valence-electron chi connectivity index (χ3n) is 7.08. The van der Waals surface area contributed by atoms with Crippen LogP contribution in [0.4, 0.5) is 18.9 Å². The van der Waals surface area contributed by atoms with Crippen molar-refractivity contribution in [2.45, 2.75) is 32.0 Å². The van der Waals surface area contributed by atoms with Crippen LogP contribution in [0.2, 0.25) is 0 Å². The zero-order chi connectivity index (χ0) is 29.8. The first-order chi connectivity index (χ1) is 20.0. The van der Waals surface area contributed by atoms with Crippen LogP contribution in [0.3, 0.4) is 0 Å². The maximum absolute atomic E-state index is 14.0. The number of carboxylic acid groups (broad SMARTS) is 1. The fourth-order valence-electron chi connectivity index (χ4n) is 5.07. The standard InChI is InChI=1S/C29H23F3N6O4/c1-16-12-24-33-14-20(15-37(24)34-16)36(2)27(39)18-4-3-5-19(13-18)38-25-22(26(35-38)29(30,31)32)10-11-23(25)42-21-8-6-17(7-9-21)28(40)41/h3-9,12-15,23H,10-11H2,1-2H3,(H,40,41). The van der Waals surface area contributed by atoms with Gasteiger partial charge in [-0.3, -0.25) is 4.79 Å². The van der Waals surface area contributed by atoms with Gasteiger partial charge in [-0.2, -0.15) is 23.4 Å². The Morgan fingerprint density at radius 2 is 1.83 bits per heavy atom. The lowest BCUT2D eigenvalue weighted by Gasteiger charge is -2.19. The first kappa shape index (κ1) is 27.0. The van der Waals surface area contributed by atoms with Crippen LogP contribution in [0.15, 0.2) is 67.0 Å². The number of anilines is 1. The average Bonchev–Trinajstić information content (AvgIpc) is 3.65. The molecule has 0 fully saturated rings. The molecule has 1 aliphatic carbocycles. The molecule has 6 rings (SSSR count). The van der Waals surface area contributed by atoms with E-state index in [1.165, 1.54) is 39.9 Å². The van der Waals surface area contributed by atoms with Crippen molar-refractivity contribution in [2.75, 3.05) is 11.9 Å². The number of alkyl halides is 3. The smallest absolute Gasteiger partial charge is 0.435 e. The van der Waals surface area contributed by atoms with Gasteiger partial charge in [-0.05, 0) is 62.2 Å². The summed E-state index contributed by atoms with van der Waals surface area (Å²) in [6.07, 6.45) is -1.92. The Morgan fingerprint density at radius 1 is 1.07 bits per heavy atom. The van der Waals surface area contributed by atoms with Crippen molar-refractivity contribution in [3.63, 3.8) is 0 Å². The van der Waals surface area contributed by atoms with Crippen molar-refractivity contribution < 1.29 is 32.6 Å². The molecule has 0 radical (unpaired) electrons. The van der Waals surface area contributed by atoms with Gasteiger partial charge in [-0.15, -0.1) is 0 Å². The molecule has 214 valence electrons. The molecule has 2 aromatic carbocycles. The summed E-state index contributed by atoms with van der Waals surface area (Å²) in [4.78, 5) is 30.3. The van der Waals surface area contributed by atoms with Crippen LogP contribution < -0.4 is 9.64 Å². The van der Waals surface area contributed by atoms with Gasteiger partial charge in [0.2, 0.25) is 0 Å². The maximum atomic E-state index is 14.0. The highest BCUT2D eigenvalue weighted by atomic mass is 19.4. The van der Waals surface area contributed by atoms with Gasteiger partial charge in [0.05, 0.1) is 40.7 Å². The number of carbonyl (C=O) groups excluding carboxylic acids is 1. The van der Waals surface area contributed by atoms with Gasteiger partial charge in [-0.1, -0.05) is 6.07 Å². The summed E-state index contributed by atoms with van der Waals surface area (Å²) in [6.45, 7) is 1.83. The second kappa shape index (κ2) is 10.0. The number of amides is 1. The highest BCUT2D eigenvalue weighted by Crippen LogP contribution is 2.43. The Balaban J connectivity index is 1.34. The van der Waals surface area contributed by atoms with E-state index in [1.807, 2.05) is 6.92 Å². The Morgan fingerprint density at radius 3 is 2.55 bits per heavy atom. The minimum atomic E-state index is -4.70. The molecule has 1 atom stereocenters. The normalized spacial score (nSPS) is 14.6. The topological polar surface area (TPSA) is 115 Å². The van der Waals surface area contributed by atoms with Gasteiger partial charge >= 0.3 is 12.1 Å². The molecule has 5 aromatic rings. The highest BCUT2D eigenvalue weighted by Gasteiger charge is 2.43. The van der Waals surface area contributed by atoms with Crippen LogP contribution in [-0.2, 0) is 12.6 Å². The zero-order valence-electron chi connectivity index (χ0n) is 22.3. The summed E-state index contributed by atoms with van der Waals surface area (Å²) in [5.74, 6) is -1.21. The van der Waals surface area contributed by atoms with Gasteiger partial charge in [0, 0.05) is 24.2 Å². The molecule has 0 aliphatic heterocycles. The maximum Gasteiger partial charge on any atom is 0.435 e. The number of fused-ring (bicyclic) bond motifs is 2. The number of halogens is 3. The van der Waals surface area contributed by atoms with Gasteiger partial charge in [0.15, 0.2) is 11.3 Å². The monoisotopic (exact) mass is 576 g/mol. The number of carbonyl (C=O) groups is 2. The SMILES string of the molecule is Cc1cc2ncc(N(C)C(=O)c3cccc(-n4nc(C(F)(F)F)c5c4C(Oc4ccc(C(=O)O)cc4)CC5)c3)cn2n1. The molecule has 0 saturated heterocycles. The summed E-state index contributed by atoms with van der Waals surface area (Å²) in [5, 5.41) is 17.4. The third-order valence-corrected chi connectivity index (χ3v) is 7.08. The molecule has 0 saturated carbocycles. The van der Waals surface area contributed by atoms with Crippen LogP contribution >= 0.6 is 0 Å². The Bertz CT molecular complexity index is 1840.